The van der Waals surface area contributed by atoms with Crippen molar-refractivity contribution in [2.24, 2.45) is 0 Å². The molecule has 0 radical (unpaired) electrons. The Morgan fingerprint density at radius 1 is 1.29 bits per heavy atom. The van der Waals surface area contributed by atoms with E-state index in [9.17, 15) is 4.79 Å². The fourth-order valence-electron chi connectivity index (χ4n) is 2.28. The van der Waals surface area contributed by atoms with Crippen LogP contribution in [0.2, 0.25) is 0 Å². The lowest BCUT2D eigenvalue weighted by Crippen LogP contribution is -2.15. The summed E-state index contributed by atoms with van der Waals surface area (Å²) < 4.78 is 5.23. The largest absolute Gasteiger partial charge is 0.496 e. The van der Waals surface area contributed by atoms with E-state index in [2.05, 4.69) is 12.2 Å². The smallest absolute Gasteiger partial charge is 0.259 e. The predicted octanol–water partition coefficient (Wildman–Crippen LogP) is 3.40. The van der Waals surface area contributed by atoms with Crippen molar-refractivity contribution in [3.63, 3.8) is 0 Å². The topological polar surface area (TPSA) is 64.4 Å². The molecule has 0 unspecified atom stereocenters. The summed E-state index contributed by atoms with van der Waals surface area (Å²) >= 11 is 0. The molecular weight excluding hydrogens is 264 g/mol. The van der Waals surface area contributed by atoms with Gasteiger partial charge in [0.1, 0.15) is 5.75 Å². The highest BCUT2D eigenvalue weighted by atomic mass is 16.5. The quantitative estimate of drug-likeness (QED) is 0.846. The standard InChI is InChI=1S/C17H20N2O2/c1-4-12-7-5-6-11(2)16(12)19-17(20)14-9-8-13(18)10-15(14)21-3/h5-10H,4,18H2,1-3H3,(H,19,20). The maximum absolute atomic E-state index is 12.5. The van der Waals surface area contributed by atoms with Crippen molar-refractivity contribution in [3.05, 3.63) is 53.1 Å². The molecule has 0 aliphatic carbocycles. The number of nitrogen functional groups attached to an aromatic ring is 1. The molecule has 0 fully saturated rings. The number of methoxy groups -OCH3 is 1. The van der Waals surface area contributed by atoms with Crippen molar-refractivity contribution in [1.29, 1.82) is 0 Å². The van der Waals surface area contributed by atoms with Gasteiger partial charge in [0.2, 0.25) is 0 Å². The van der Waals surface area contributed by atoms with Crippen molar-refractivity contribution in [2.75, 3.05) is 18.2 Å². The van der Waals surface area contributed by atoms with Crippen LogP contribution < -0.4 is 15.8 Å². The summed E-state index contributed by atoms with van der Waals surface area (Å²) in [5.74, 6) is 0.273. The van der Waals surface area contributed by atoms with E-state index < -0.39 is 0 Å². The average molecular weight is 284 g/mol. The SMILES string of the molecule is CCc1cccc(C)c1NC(=O)c1ccc(N)cc1OC. The Balaban J connectivity index is 2.35. The van der Waals surface area contributed by atoms with Gasteiger partial charge in [-0.25, -0.2) is 0 Å². The molecule has 0 aromatic heterocycles. The van der Waals surface area contributed by atoms with Gasteiger partial charge in [-0.05, 0) is 36.6 Å². The maximum Gasteiger partial charge on any atom is 0.259 e. The minimum absolute atomic E-state index is 0.198. The molecular formula is C17H20N2O2. The fraction of sp³-hybridized carbons (Fsp3) is 0.235. The number of carbonyl (C=O) groups is 1. The minimum atomic E-state index is -0.198. The minimum Gasteiger partial charge on any atom is -0.496 e. The summed E-state index contributed by atoms with van der Waals surface area (Å²) in [7, 11) is 1.52. The number of benzene rings is 2. The number of para-hydroxylation sites is 1. The molecule has 2 aromatic rings. The zero-order valence-electron chi connectivity index (χ0n) is 12.6. The van der Waals surface area contributed by atoms with Gasteiger partial charge in [0.05, 0.1) is 12.7 Å². The molecule has 0 saturated heterocycles. The summed E-state index contributed by atoms with van der Waals surface area (Å²) in [6.07, 6.45) is 0.857. The number of nitrogens with one attached hydrogen (secondary N) is 1. The van der Waals surface area contributed by atoms with Crippen LogP contribution in [0.5, 0.6) is 5.75 Å². The molecule has 4 nitrogen and oxygen atoms in total. The van der Waals surface area contributed by atoms with Gasteiger partial charge in [0.25, 0.3) is 5.91 Å². The van der Waals surface area contributed by atoms with E-state index in [0.29, 0.717) is 17.0 Å². The molecule has 0 saturated carbocycles. The van der Waals surface area contributed by atoms with E-state index in [4.69, 9.17) is 10.5 Å². The summed E-state index contributed by atoms with van der Waals surface area (Å²) in [4.78, 5) is 12.5. The van der Waals surface area contributed by atoms with Crippen LogP contribution in [0.4, 0.5) is 11.4 Å². The number of anilines is 2. The average Bonchev–Trinajstić information content (AvgIpc) is 2.48. The predicted molar refractivity (Wildman–Crippen MR) is 85.9 cm³/mol. The van der Waals surface area contributed by atoms with Crippen molar-refractivity contribution < 1.29 is 9.53 Å². The third-order valence-corrected chi connectivity index (χ3v) is 3.45. The van der Waals surface area contributed by atoms with Crippen molar-refractivity contribution in [3.8, 4) is 5.75 Å². The van der Waals surface area contributed by atoms with E-state index in [0.717, 1.165) is 23.2 Å². The van der Waals surface area contributed by atoms with Crippen LogP contribution in [0, 0.1) is 6.92 Å². The van der Waals surface area contributed by atoms with Crippen LogP contribution in [0.15, 0.2) is 36.4 Å². The van der Waals surface area contributed by atoms with Gasteiger partial charge in [-0.15, -0.1) is 0 Å². The van der Waals surface area contributed by atoms with Crippen LogP contribution >= 0.6 is 0 Å². The van der Waals surface area contributed by atoms with E-state index in [1.54, 1.807) is 18.2 Å². The molecule has 2 aromatic carbocycles. The molecule has 110 valence electrons. The monoisotopic (exact) mass is 284 g/mol. The second kappa shape index (κ2) is 6.31. The molecule has 0 bridgehead atoms. The van der Waals surface area contributed by atoms with Crippen molar-refractivity contribution in [2.45, 2.75) is 20.3 Å². The van der Waals surface area contributed by atoms with Gasteiger partial charge in [-0.2, -0.15) is 0 Å². The number of hydrogen-bond donors (Lipinski definition) is 2. The Labute approximate surface area is 124 Å². The Kier molecular flexibility index (Phi) is 4.48. The normalized spacial score (nSPS) is 10.2. The second-order valence-corrected chi connectivity index (χ2v) is 4.88. The molecule has 0 atom stereocenters. The zero-order chi connectivity index (χ0) is 15.4. The lowest BCUT2D eigenvalue weighted by molar-refractivity contribution is 0.102. The van der Waals surface area contributed by atoms with Crippen molar-refractivity contribution in [1.82, 2.24) is 0 Å². The van der Waals surface area contributed by atoms with E-state index in [1.165, 1.54) is 7.11 Å². The third kappa shape index (κ3) is 3.16. The Hall–Kier alpha value is -2.49. The molecule has 0 heterocycles. The molecule has 4 heteroatoms. The summed E-state index contributed by atoms with van der Waals surface area (Å²) in [5, 5.41) is 2.98. The number of ether oxygens (including phenoxy) is 1. The Morgan fingerprint density at radius 3 is 2.71 bits per heavy atom. The van der Waals surface area contributed by atoms with Crippen LogP contribution in [0.3, 0.4) is 0 Å². The fourth-order valence-corrected chi connectivity index (χ4v) is 2.28. The first-order chi connectivity index (χ1) is 10.1. The van der Waals surface area contributed by atoms with Crippen molar-refractivity contribution >= 4 is 17.3 Å². The first kappa shape index (κ1) is 14.9. The van der Waals surface area contributed by atoms with E-state index in [1.807, 2.05) is 25.1 Å². The van der Waals surface area contributed by atoms with Crippen LogP contribution in [-0.2, 0) is 6.42 Å². The molecule has 0 aliphatic rings. The molecule has 1 amide bonds. The highest BCUT2D eigenvalue weighted by molar-refractivity contribution is 6.07. The number of amides is 1. The number of aryl methyl sites for hydroxylation is 2. The van der Waals surface area contributed by atoms with Gasteiger partial charge >= 0.3 is 0 Å². The number of nitrogens with two attached hydrogens (primary N) is 1. The highest BCUT2D eigenvalue weighted by Gasteiger charge is 2.15. The first-order valence-corrected chi connectivity index (χ1v) is 6.90. The van der Waals surface area contributed by atoms with Gasteiger partial charge in [-0.3, -0.25) is 4.79 Å². The summed E-state index contributed by atoms with van der Waals surface area (Å²) in [5.41, 5.74) is 9.76. The van der Waals surface area contributed by atoms with Gasteiger partial charge < -0.3 is 15.8 Å². The maximum atomic E-state index is 12.5. The molecule has 21 heavy (non-hydrogen) atoms. The van der Waals surface area contributed by atoms with E-state index >= 15 is 0 Å². The Morgan fingerprint density at radius 2 is 2.05 bits per heavy atom. The zero-order valence-corrected chi connectivity index (χ0v) is 12.6. The molecule has 0 aliphatic heterocycles. The van der Waals surface area contributed by atoms with Crippen LogP contribution in [-0.4, -0.2) is 13.0 Å². The summed E-state index contributed by atoms with van der Waals surface area (Å²) in [6, 6.07) is 11.0. The summed E-state index contributed by atoms with van der Waals surface area (Å²) in [6.45, 7) is 4.04. The highest BCUT2D eigenvalue weighted by Crippen LogP contribution is 2.25. The number of rotatable bonds is 4. The second-order valence-electron chi connectivity index (χ2n) is 4.88. The lowest BCUT2D eigenvalue weighted by Gasteiger charge is -2.14. The molecule has 3 N–H and O–H groups in total. The first-order valence-electron chi connectivity index (χ1n) is 6.90. The number of hydrogen-bond acceptors (Lipinski definition) is 3. The lowest BCUT2D eigenvalue weighted by atomic mass is 10.1. The van der Waals surface area contributed by atoms with Crippen LogP contribution in [0.1, 0.15) is 28.4 Å². The molecule has 2 rings (SSSR count). The molecule has 0 spiro atoms. The van der Waals surface area contributed by atoms with Gasteiger partial charge in [0, 0.05) is 17.4 Å². The number of carbonyl (C=O) groups excluding carboxylic acids is 1. The van der Waals surface area contributed by atoms with Gasteiger partial charge in [-0.1, -0.05) is 25.1 Å². The van der Waals surface area contributed by atoms with Gasteiger partial charge in [0.15, 0.2) is 0 Å². The van der Waals surface area contributed by atoms with E-state index in [-0.39, 0.29) is 5.91 Å². The van der Waals surface area contributed by atoms with Crippen LogP contribution in [0.25, 0.3) is 0 Å². The third-order valence-electron chi connectivity index (χ3n) is 3.45. The Bertz CT molecular complexity index is 666.